The summed E-state index contributed by atoms with van der Waals surface area (Å²) < 4.78 is 16.3. The maximum absolute atomic E-state index is 12.2. The number of hydrogen-bond donors (Lipinski definition) is 1. The minimum absolute atomic E-state index is 0.0769. The lowest BCUT2D eigenvalue weighted by Gasteiger charge is -2.09. The van der Waals surface area contributed by atoms with Gasteiger partial charge in [0.2, 0.25) is 5.91 Å². The van der Waals surface area contributed by atoms with Crippen molar-refractivity contribution in [2.24, 2.45) is 0 Å². The van der Waals surface area contributed by atoms with Crippen LogP contribution in [0, 0.1) is 0 Å². The van der Waals surface area contributed by atoms with Crippen molar-refractivity contribution in [3.8, 4) is 28.5 Å². The highest BCUT2D eigenvalue weighted by Gasteiger charge is 2.11. The van der Waals surface area contributed by atoms with Gasteiger partial charge in [-0.15, -0.1) is 11.3 Å². The number of nitrogens with one attached hydrogen (secondary N) is 1. The molecule has 164 valence electrons. The molecule has 0 spiro atoms. The number of ether oxygens (including phenoxy) is 3. The Labute approximate surface area is 187 Å². The summed E-state index contributed by atoms with van der Waals surface area (Å²) in [5.74, 6) is 2.54. The summed E-state index contributed by atoms with van der Waals surface area (Å²) >= 11 is 1.39. The Morgan fingerprint density at radius 3 is 2.48 bits per heavy atom. The molecule has 6 nitrogen and oxygen atoms in total. The van der Waals surface area contributed by atoms with E-state index in [1.807, 2.05) is 35.7 Å². The van der Waals surface area contributed by atoms with Crippen LogP contribution in [0.3, 0.4) is 0 Å². The lowest BCUT2D eigenvalue weighted by molar-refractivity contribution is -0.116. The number of nitrogens with zero attached hydrogens (tertiary/aromatic N) is 1. The van der Waals surface area contributed by atoms with Crippen LogP contribution in [0.5, 0.6) is 17.2 Å². The number of carbonyl (C=O) groups excluding carboxylic acids is 1. The standard InChI is InChI=1S/C24H28N2O4S/c1-16(2)17-7-10-19(11-8-17)30-13-5-6-23(27)26-24-25-20(15-31-24)18-9-12-21(28-3)22(14-18)29-4/h7-12,14-16H,5-6,13H2,1-4H3,(H,25,26,27). The van der Waals surface area contributed by atoms with Crippen LogP contribution in [0.2, 0.25) is 0 Å². The third-order valence-corrected chi connectivity index (χ3v) is 5.55. The van der Waals surface area contributed by atoms with E-state index < -0.39 is 0 Å². The molecule has 0 saturated heterocycles. The van der Waals surface area contributed by atoms with Gasteiger partial charge in [0.15, 0.2) is 16.6 Å². The maximum atomic E-state index is 12.2. The maximum Gasteiger partial charge on any atom is 0.226 e. The van der Waals surface area contributed by atoms with Gasteiger partial charge in [0.1, 0.15) is 5.75 Å². The Hall–Kier alpha value is -3.06. The quantitative estimate of drug-likeness (QED) is 0.407. The number of rotatable bonds is 10. The molecule has 1 amide bonds. The van der Waals surface area contributed by atoms with Gasteiger partial charge in [-0.25, -0.2) is 4.98 Å². The van der Waals surface area contributed by atoms with E-state index in [-0.39, 0.29) is 5.91 Å². The average Bonchev–Trinajstić information content (AvgIpc) is 3.24. The SMILES string of the molecule is COc1ccc(-c2csc(NC(=O)CCCOc3ccc(C(C)C)cc3)n2)cc1OC. The average molecular weight is 441 g/mol. The first-order chi connectivity index (χ1) is 15.0. The largest absolute Gasteiger partial charge is 0.494 e. The Bertz CT molecular complexity index is 999. The second-order valence-corrected chi connectivity index (χ2v) is 8.19. The topological polar surface area (TPSA) is 69.7 Å². The van der Waals surface area contributed by atoms with E-state index in [9.17, 15) is 4.79 Å². The van der Waals surface area contributed by atoms with Gasteiger partial charge in [-0.3, -0.25) is 4.79 Å². The minimum Gasteiger partial charge on any atom is -0.494 e. The first-order valence-electron chi connectivity index (χ1n) is 10.2. The number of benzene rings is 2. The highest BCUT2D eigenvalue weighted by atomic mass is 32.1. The molecule has 0 bridgehead atoms. The van der Waals surface area contributed by atoms with E-state index in [4.69, 9.17) is 14.2 Å². The predicted octanol–water partition coefficient (Wildman–Crippen LogP) is 5.75. The molecule has 0 fully saturated rings. The van der Waals surface area contributed by atoms with Gasteiger partial charge < -0.3 is 19.5 Å². The van der Waals surface area contributed by atoms with Gasteiger partial charge >= 0.3 is 0 Å². The monoisotopic (exact) mass is 440 g/mol. The zero-order valence-corrected chi connectivity index (χ0v) is 19.1. The summed E-state index contributed by atoms with van der Waals surface area (Å²) in [5.41, 5.74) is 2.95. The Morgan fingerprint density at radius 1 is 1.06 bits per heavy atom. The summed E-state index contributed by atoms with van der Waals surface area (Å²) in [6.07, 6.45) is 1.00. The molecular formula is C24H28N2O4S. The zero-order chi connectivity index (χ0) is 22.2. The van der Waals surface area contributed by atoms with Crippen LogP contribution in [0.15, 0.2) is 47.8 Å². The number of amides is 1. The van der Waals surface area contributed by atoms with Gasteiger partial charge in [-0.2, -0.15) is 0 Å². The lowest BCUT2D eigenvalue weighted by atomic mass is 10.0. The van der Waals surface area contributed by atoms with Gasteiger partial charge in [-0.1, -0.05) is 26.0 Å². The Balaban J connectivity index is 1.46. The molecule has 1 heterocycles. The molecule has 31 heavy (non-hydrogen) atoms. The van der Waals surface area contributed by atoms with Gasteiger partial charge in [0.25, 0.3) is 0 Å². The number of thiazole rings is 1. The molecular weight excluding hydrogens is 412 g/mol. The zero-order valence-electron chi connectivity index (χ0n) is 18.3. The van der Waals surface area contributed by atoms with Gasteiger partial charge in [0, 0.05) is 17.4 Å². The molecule has 1 N–H and O–H groups in total. The van der Waals surface area contributed by atoms with Crippen LogP contribution in [0.1, 0.15) is 38.2 Å². The smallest absolute Gasteiger partial charge is 0.226 e. The minimum atomic E-state index is -0.0769. The number of aromatic nitrogens is 1. The van der Waals surface area contributed by atoms with Gasteiger partial charge in [0.05, 0.1) is 26.5 Å². The molecule has 0 saturated carbocycles. The van der Waals surface area contributed by atoms with Crippen molar-refractivity contribution < 1.29 is 19.0 Å². The molecule has 2 aromatic carbocycles. The molecule has 0 atom stereocenters. The summed E-state index contributed by atoms with van der Waals surface area (Å²) in [6.45, 7) is 4.81. The normalized spacial score (nSPS) is 10.7. The molecule has 0 unspecified atom stereocenters. The van der Waals surface area contributed by atoms with Crippen LogP contribution in [0.25, 0.3) is 11.3 Å². The van der Waals surface area contributed by atoms with E-state index in [1.54, 1.807) is 14.2 Å². The van der Waals surface area contributed by atoms with Crippen LogP contribution in [-0.2, 0) is 4.79 Å². The van der Waals surface area contributed by atoms with Crippen LogP contribution in [0.4, 0.5) is 5.13 Å². The summed E-state index contributed by atoms with van der Waals surface area (Å²) in [6, 6.07) is 13.7. The number of anilines is 1. The van der Waals surface area contributed by atoms with Crippen molar-refractivity contribution >= 4 is 22.4 Å². The summed E-state index contributed by atoms with van der Waals surface area (Å²) in [4.78, 5) is 16.7. The van der Waals surface area contributed by atoms with Crippen molar-refractivity contribution in [1.29, 1.82) is 0 Å². The highest BCUT2D eigenvalue weighted by molar-refractivity contribution is 7.14. The van der Waals surface area contributed by atoms with Crippen molar-refractivity contribution in [2.75, 3.05) is 26.1 Å². The lowest BCUT2D eigenvalue weighted by Crippen LogP contribution is -2.12. The summed E-state index contributed by atoms with van der Waals surface area (Å²) in [5, 5.41) is 5.33. The molecule has 0 aliphatic heterocycles. The number of carbonyl (C=O) groups is 1. The van der Waals surface area contributed by atoms with Crippen molar-refractivity contribution in [2.45, 2.75) is 32.6 Å². The fourth-order valence-corrected chi connectivity index (χ4v) is 3.75. The van der Waals surface area contributed by atoms with E-state index in [0.29, 0.717) is 42.0 Å². The summed E-state index contributed by atoms with van der Waals surface area (Å²) in [7, 11) is 3.19. The van der Waals surface area contributed by atoms with Crippen molar-refractivity contribution in [3.05, 3.63) is 53.4 Å². The van der Waals surface area contributed by atoms with E-state index >= 15 is 0 Å². The first kappa shape index (κ1) is 22.6. The fourth-order valence-electron chi connectivity index (χ4n) is 3.01. The Kier molecular flexibility index (Phi) is 7.89. The fraction of sp³-hybridized carbons (Fsp3) is 0.333. The van der Waals surface area contributed by atoms with Crippen LogP contribution >= 0.6 is 11.3 Å². The molecule has 3 rings (SSSR count). The second-order valence-electron chi connectivity index (χ2n) is 7.33. The Morgan fingerprint density at radius 2 is 1.81 bits per heavy atom. The van der Waals surface area contributed by atoms with Crippen LogP contribution < -0.4 is 19.5 Å². The second kappa shape index (κ2) is 10.8. The van der Waals surface area contributed by atoms with E-state index in [0.717, 1.165) is 17.0 Å². The number of methoxy groups -OCH3 is 2. The molecule has 0 aliphatic carbocycles. The van der Waals surface area contributed by atoms with E-state index in [1.165, 1.54) is 16.9 Å². The predicted molar refractivity (Wildman–Crippen MR) is 125 cm³/mol. The van der Waals surface area contributed by atoms with Gasteiger partial charge in [-0.05, 0) is 48.2 Å². The third-order valence-electron chi connectivity index (χ3n) is 4.79. The molecule has 0 aliphatic rings. The third kappa shape index (κ3) is 6.21. The van der Waals surface area contributed by atoms with E-state index in [2.05, 4.69) is 36.3 Å². The number of hydrogen-bond acceptors (Lipinski definition) is 6. The molecule has 3 aromatic rings. The highest BCUT2D eigenvalue weighted by Crippen LogP contribution is 2.33. The van der Waals surface area contributed by atoms with Crippen molar-refractivity contribution in [1.82, 2.24) is 4.98 Å². The van der Waals surface area contributed by atoms with Crippen LogP contribution in [-0.4, -0.2) is 31.7 Å². The van der Waals surface area contributed by atoms with Crippen molar-refractivity contribution in [3.63, 3.8) is 0 Å². The molecule has 1 aromatic heterocycles. The molecule has 0 radical (unpaired) electrons. The first-order valence-corrected chi connectivity index (χ1v) is 11.1. The molecule has 7 heteroatoms.